The van der Waals surface area contributed by atoms with E-state index in [9.17, 15) is 14.0 Å². The fourth-order valence-corrected chi connectivity index (χ4v) is 3.03. The summed E-state index contributed by atoms with van der Waals surface area (Å²) in [4.78, 5) is 24.0. The minimum atomic E-state index is -0.237. The largest absolute Gasteiger partial charge is 0.352 e. The van der Waals surface area contributed by atoms with Gasteiger partial charge in [-0.15, -0.1) is 0 Å². The van der Waals surface area contributed by atoms with Crippen molar-refractivity contribution in [1.29, 1.82) is 0 Å². The van der Waals surface area contributed by atoms with E-state index in [1.807, 2.05) is 6.92 Å². The number of Topliss-reactive ketones (excluding diaryl/α,β-unsaturated/α-hetero) is 1. The van der Waals surface area contributed by atoms with Crippen LogP contribution in [-0.4, -0.2) is 41.5 Å². The predicted molar refractivity (Wildman–Crippen MR) is 102 cm³/mol. The van der Waals surface area contributed by atoms with Crippen molar-refractivity contribution in [3.05, 3.63) is 53.5 Å². The molecule has 7 heteroatoms. The van der Waals surface area contributed by atoms with Crippen LogP contribution >= 0.6 is 0 Å². The maximum Gasteiger partial charge on any atom is 0.251 e. The molecule has 1 unspecified atom stereocenters. The number of allylic oxidation sites excluding steroid dienone is 4. The minimum absolute atomic E-state index is 0.00324. The van der Waals surface area contributed by atoms with Crippen LogP contribution < -0.4 is 10.6 Å². The highest BCUT2D eigenvalue weighted by atomic mass is 19.1. The number of aromatic nitrogens is 2. The Kier molecular flexibility index (Phi) is 6.13. The van der Waals surface area contributed by atoms with E-state index in [0.29, 0.717) is 31.5 Å². The van der Waals surface area contributed by atoms with Crippen LogP contribution in [-0.2, 0) is 4.79 Å². The number of ketones is 1. The number of carbonyl (C=O) groups is 2. The molecule has 3 rings (SSSR count). The lowest BCUT2D eigenvalue weighted by Crippen LogP contribution is -2.29. The zero-order valence-corrected chi connectivity index (χ0v) is 15.2. The summed E-state index contributed by atoms with van der Waals surface area (Å²) in [6, 6.07) is 5.27. The van der Waals surface area contributed by atoms with Crippen molar-refractivity contribution < 1.29 is 14.0 Å². The number of nitrogens with zero attached hydrogens (tertiary/aromatic N) is 1. The van der Waals surface area contributed by atoms with E-state index in [4.69, 9.17) is 0 Å². The molecule has 0 saturated carbocycles. The molecule has 2 aromatic rings. The lowest BCUT2D eigenvalue weighted by atomic mass is 9.94. The summed E-state index contributed by atoms with van der Waals surface area (Å²) in [5.74, 6) is -0.408. The Balaban J connectivity index is 1.67. The summed E-state index contributed by atoms with van der Waals surface area (Å²) in [5.41, 5.74) is 2.12. The van der Waals surface area contributed by atoms with Gasteiger partial charge >= 0.3 is 0 Å². The van der Waals surface area contributed by atoms with Crippen LogP contribution in [0.3, 0.4) is 0 Å². The number of aromatic amines is 1. The molecule has 0 aliphatic heterocycles. The van der Waals surface area contributed by atoms with Gasteiger partial charge in [0, 0.05) is 29.8 Å². The van der Waals surface area contributed by atoms with Gasteiger partial charge in [-0.25, -0.2) is 4.39 Å². The SMILES string of the molecule is CCNCC(=O)CCNC(=O)c1ccc2n[nH]c(C3C=CC(F)=CC3)c2c1. The second-order valence-corrected chi connectivity index (χ2v) is 6.48. The maximum atomic E-state index is 13.2. The maximum absolute atomic E-state index is 13.2. The number of carbonyl (C=O) groups excluding carboxylic acids is 2. The van der Waals surface area contributed by atoms with Crippen molar-refractivity contribution in [3.63, 3.8) is 0 Å². The molecule has 27 heavy (non-hydrogen) atoms. The van der Waals surface area contributed by atoms with Crippen LogP contribution in [0.4, 0.5) is 4.39 Å². The van der Waals surface area contributed by atoms with E-state index in [1.165, 1.54) is 12.2 Å². The van der Waals surface area contributed by atoms with Gasteiger partial charge in [0.15, 0.2) is 0 Å². The van der Waals surface area contributed by atoms with Gasteiger partial charge in [0.1, 0.15) is 11.6 Å². The zero-order valence-electron chi connectivity index (χ0n) is 15.2. The Morgan fingerprint density at radius 1 is 1.37 bits per heavy atom. The van der Waals surface area contributed by atoms with Crippen molar-refractivity contribution in [2.24, 2.45) is 0 Å². The quantitative estimate of drug-likeness (QED) is 0.667. The van der Waals surface area contributed by atoms with E-state index in [-0.39, 0.29) is 23.4 Å². The zero-order chi connectivity index (χ0) is 19.2. The first kappa shape index (κ1) is 19.0. The molecule has 0 bridgehead atoms. The third-order valence-electron chi connectivity index (χ3n) is 4.53. The fourth-order valence-electron chi connectivity index (χ4n) is 3.03. The number of halogens is 1. The van der Waals surface area contributed by atoms with Gasteiger partial charge in [-0.05, 0) is 43.3 Å². The fraction of sp³-hybridized carbons (Fsp3) is 0.350. The molecule has 0 radical (unpaired) electrons. The number of likely N-dealkylation sites (N-methyl/N-ethyl adjacent to an activating group) is 1. The second-order valence-electron chi connectivity index (χ2n) is 6.48. The Bertz CT molecular complexity index is 901. The number of H-pyrrole nitrogens is 1. The monoisotopic (exact) mass is 370 g/mol. The average Bonchev–Trinajstić information content (AvgIpc) is 3.10. The van der Waals surface area contributed by atoms with Gasteiger partial charge in [-0.3, -0.25) is 14.7 Å². The summed E-state index contributed by atoms with van der Waals surface area (Å²) >= 11 is 0. The van der Waals surface area contributed by atoms with Crippen LogP contribution in [0, 0.1) is 0 Å². The van der Waals surface area contributed by atoms with E-state index in [1.54, 1.807) is 24.3 Å². The minimum Gasteiger partial charge on any atom is -0.352 e. The van der Waals surface area contributed by atoms with Crippen molar-refractivity contribution in [2.45, 2.75) is 25.7 Å². The van der Waals surface area contributed by atoms with E-state index in [2.05, 4.69) is 20.8 Å². The highest BCUT2D eigenvalue weighted by Crippen LogP contribution is 2.31. The number of fused-ring (bicyclic) bond motifs is 1. The Morgan fingerprint density at radius 3 is 2.96 bits per heavy atom. The first-order valence-corrected chi connectivity index (χ1v) is 9.11. The van der Waals surface area contributed by atoms with E-state index in [0.717, 1.165) is 23.1 Å². The number of benzene rings is 1. The topological polar surface area (TPSA) is 86.9 Å². The molecule has 0 spiro atoms. The van der Waals surface area contributed by atoms with Crippen LogP contribution in [0.2, 0.25) is 0 Å². The first-order valence-electron chi connectivity index (χ1n) is 9.11. The highest BCUT2D eigenvalue weighted by molar-refractivity contribution is 5.98. The van der Waals surface area contributed by atoms with Crippen LogP contribution in [0.15, 0.2) is 42.3 Å². The number of hydrogen-bond donors (Lipinski definition) is 3. The number of nitrogens with one attached hydrogen (secondary N) is 3. The van der Waals surface area contributed by atoms with Crippen molar-refractivity contribution in [3.8, 4) is 0 Å². The summed E-state index contributed by atoms with van der Waals surface area (Å²) in [5, 5.41) is 13.9. The molecule has 0 fully saturated rings. The van der Waals surface area contributed by atoms with Gasteiger partial charge in [-0.1, -0.05) is 13.0 Å². The summed E-state index contributed by atoms with van der Waals surface area (Å²) in [6.07, 6.45) is 5.62. The second kappa shape index (κ2) is 8.73. The van der Waals surface area contributed by atoms with Gasteiger partial charge in [0.2, 0.25) is 0 Å². The van der Waals surface area contributed by atoms with Gasteiger partial charge in [0.05, 0.1) is 17.8 Å². The highest BCUT2D eigenvalue weighted by Gasteiger charge is 2.18. The molecule has 1 aliphatic carbocycles. The van der Waals surface area contributed by atoms with Crippen LogP contribution in [0.1, 0.15) is 41.7 Å². The van der Waals surface area contributed by atoms with Crippen molar-refractivity contribution >= 4 is 22.6 Å². The normalized spacial score (nSPS) is 16.4. The molecule has 1 amide bonds. The molecule has 142 valence electrons. The van der Waals surface area contributed by atoms with E-state index < -0.39 is 0 Å². The Labute approximate surface area is 156 Å². The van der Waals surface area contributed by atoms with Gasteiger partial charge < -0.3 is 10.6 Å². The van der Waals surface area contributed by atoms with Crippen LogP contribution in [0.25, 0.3) is 10.9 Å². The third kappa shape index (κ3) is 4.68. The summed E-state index contributed by atoms with van der Waals surface area (Å²) in [7, 11) is 0. The first-order chi connectivity index (χ1) is 13.1. The predicted octanol–water partition coefficient (Wildman–Crippen LogP) is 2.76. The molecule has 1 aromatic carbocycles. The number of amides is 1. The molecule has 6 nitrogen and oxygen atoms in total. The number of hydrogen-bond acceptors (Lipinski definition) is 4. The van der Waals surface area contributed by atoms with Gasteiger partial charge in [0.25, 0.3) is 5.91 Å². The average molecular weight is 370 g/mol. The Hall–Kier alpha value is -2.80. The Morgan fingerprint density at radius 2 is 2.22 bits per heavy atom. The van der Waals surface area contributed by atoms with Crippen molar-refractivity contribution in [1.82, 2.24) is 20.8 Å². The number of rotatable bonds is 8. The van der Waals surface area contributed by atoms with Gasteiger partial charge in [-0.2, -0.15) is 5.10 Å². The summed E-state index contributed by atoms with van der Waals surface area (Å²) in [6.45, 7) is 3.30. The molecule has 0 saturated heterocycles. The third-order valence-corrected chi connectivity index (χ3v) is 4.53. The molecule has 1 aliphatic rings. The molecule has 1 atom stereocenters. The van der Waals surface area contributed by atoms with E-state index >= 15 is 0 Å². The molecule has 1 heterocycles. The standard InChI is InChI=1S/C20H23FN4O2/c1-2-22-12-16(26)9-10-23-20(27)14-5-8-18-17(11-14)19(25-24-18)13-3-6-15(21)7-4-13/h3,5-8,11,13,22H,2,4,9-10,12H2,1H3,(H,23,27)(H,24,25). The molecule has 1 aromatic heterocycles. The van der Waals surface area contributed by atoms with Crippen LogP contribution in [0.5, 0.6) is 0 Å². The lowest BCUT2D eigenvalue weighted by molar-refractivity contribution is -0.118. The lowest BCUT2D eigenvalue weighted by Gasteiger charge is -2.12. The van der Waals surface area contributed by atoms with Crippen molar-refractivity contribution in [2.75, 3.05) is 19.6 Å². The molecular formula is C20H23FN4O2. The summed E-state index contributed by atoms with van der Waals surface area (Å²) < 4.78 is 13.2. The molecule has 3 N–H and O–H groups in total. The molecular weight excluding hydrogens is 347 g/mol. The smallest absolute Gasteiger partial charge is 0.251 e.